The Morgan fingerprint density at radius 1 is 1.56 bits per heavy atom. The van der Waals surface area contributed by atoms with Crippen LogP contribution in [-0.4, -0.2) is 27.9 Å². The molecular weight excluding hydrogens is 208 g/mol. The molecule has 0 aromatic carbocycles. The Labute approximate surface area is 93.5 Å². The van der Waals surface area contributed by atoms with Crippen LogP contribution in [0.25, 0.3) is 0 Å². The van der Waals surface area contributed by atoms with E-state index in [-0.39, 0.29) is 12.2 Å². The van der Waals surface area contributed by atoms with Crippen molar-refractivity contribution in [2.24, 2.45) is 0 Å². The van der Waals surface area contributed by atoms with E-state index in [1.165, 1.54) is 6.92 Å². The van der Waals surface area contributed by atoms with E-state index in [1.54, 1.807) is 18.5 Å². The average Bonchev–Trinajstić information content (AvgIpc) is 2.25. The summed E-state index contributed by atoms with van der Waals surface area (Å²) < 4.78 is 0. The maximum Gasteiger partial charge on any atom is 0.305 e. The number of pyridine rings is 1. The van der Waals surface area contributed by atoms with E-state index in [1.807, 2.05) is 6.07 Å². The van der Waals surface area contributed by atoms with Crippen LogP contribution in [0, 0.1) is 0 Å². The lowest BCUT2D eigenvalue weighted by Gasteiger charge is -2.13. The van der Waals surface area contributed by atoms with Gasteiger partial charge in [0.2, 0.25) is 0 Å². The Morgan fingerprint density at radius 2 is 2.31 bits per heavy atom. The van der Waals surface area contributed by atoms with E-state index in [4.69, 9.17) is 5.11 Å². The van der Waals surface area contributed by atoms with Gasteiger partial charge in [0.25, 0.3) is 0 Å². The van der Waals surface area contributed by atoms with Crippen LogP contribution in [0.5, 0.6) is 0 Å². The molecule has 16 heavy (non-hydrogen) atoms. The minimum atomic E-state index is -0.987. The molecule has 1 unspecified atom stereocenters. The first-order chi connectivity index (χ1) is 7.59. The molecule has 0 spiro atoms. The third-order valence-electron chi connectivity index (χ3n) is 2.14. The van der Waals surface area contributed by atoms with Crippen molar-refractivity contribution in [1.82, 2.24) is 10.3 Å². The van der Waals surface area contributed by atoms with Crippen LogP contribution in [-0.2, 0) is 16.1 Å². The lowest BCUT2D eigenvalue weighted by Crippen LogP contribution is -2.36. The van der Waals surface area contributed by atoms with E-state index in [9.17, 15) is 9.59 Å². The van der Waals surface area contributed by atoms with E-state index in [0.717, 1.165) is 5.56 Å². The minimum Gasteiger partial charge on any atom is -0.481 e. The number of carboxylic acid groups (broad SMARTS) is 1. The van der Waals surface area contributed by atoms with E-state index >= 15 is 0 Å². The van der Waals surface area contributed by atoms with Gasteiger partial charge >= 0.3 is 5.97 Å². The molecule has 0 aliphatic heterocycles. The molecule has 0 aliphatic rings. The van der Waals surface area contributed by atoms with Gasteiger partial charge in [0.1, 0.15) is 5.78 Å². The molecule has 1 atom stereocenters. The number of hydrogen-bond acceptors (Lipinski definition) is 4. The van der Waals surface area contributed by atoms with Gasteiger partial charge in [-0.05, 0) is 18.6 Å². The van der Waals surface area contributed by atoms with Crippen molar-refractivity contribution in [3.8, 4) is 0 Å². The third kappa shape index (κ3) is 4.18. The third-order valence-corrected chi connectivity index (χ3v) is 2.14. The molecule has 0 bridgehead atoms. The fraction of sp³-hybridized carbons (Fsp3) is 0.364. The maximum atomic E-state index is 11.2. The van der Waals surface area contributed by atoms with Crippen molar-refractivity contribution >= 4 is 11.8 Å². The van der Waals surface area contributed by atoms with Crippen molar-refractivity contribution in [2.75, 3.05) is 0 Å². The number of nitrogens with zero attached hydrogens (tertiary/aromatic N) is 1. The zero-order valence-electron chi connectivity index (χ0n) is 9.01. The number of Topliss-reactive ketones (excluding diaryl/α,β-unsaturated/α-hetero) is 1. The second kappa shape index (κ2) is 5.97. The van der Waals surface area contributed by atoms with Crippen molar-refractivity contribution in [1.29, 1.82) is 0 Å². The van der Waals surface area contributed by atoms with Gasteiger partial charge in [-0.15, -0.1) is 0 Å². The number of rotatable bonds is 6. The van der Waals surface area contributed by atoms with Crippen molar-refractivity contribution in [3.63, 3.8) is 0 Å². The van der Waals surface area contributed by atoms with Gasteiger partial charge < -0.3 is 10.4 Å². The Morgan fingerprint density at radius 3 is 2.81 bits per heavy atom. The monoisotopic (exact) mass is 222 g/mol. The normalized spacial score (nSPS) is 12.1. The summed E-state index contributed by atoms with van der Waals surface area (Å²) >= 11 is 0. The Hall–Kier alpha value is -1.75. The molecular formula is C11H14N2O3. The number of ketones is 1. The van der Waals surface area contributed by atoms with Crippen molar-refractivity contribution < 1.29 is 14.7 Å². The first-order valence-electron chi connectivity index (χ1n) is 4.94. The average molecular weight is 222 g/mol. The molecule has 0 fully saturated rings. The number of aromatic nitrogens is 1. The smallest absolute Gasteiger partial charge is 0.305 e. The molecule has 1 aromatic heterocycles. The number of carboxylic acids is 1. The predicted octanol–water partition coefficient (Wildman–Crippen LogP) is 0.603. The zero-order chi connectivity index (χ0) is 12.0. The van der Waals surface area contributed by atoms with E-state index < -0.39 is 12.0 Å². The molecule has 1 aromatic rings. The van der Waals surface area contributed by atoms with Crippen LogP contribution >= 0.6 is 0 Å². The van der Waals surface area contributed by atoms with Gasteiger partial charge in [0, 0.05) is 18.9 Å². The van der Waals surface area contributed by atoms with Crippen LogP contribution in [0.4, 0.5) is 0 Å². The highest BCUT2D eigenvalue weighted by molar-refractivity contribution is 5.85. The lowest BCUT2D eigenvalue weighted by molar-refractivity contribution is -0.139. The fourth-order valence-corrected chi connectivity index (χ4v) is 1.28. The van der Waals surface area contributed by atoms with Crippen LogP contribution in [0.1, 0.15) is 18.9 Å². The molecule has 0 saturated carbocycles. The molecule has 0 aliphatic carbocycles. The van der Waals surface area contributed by atoms with Gasteiger partial charge in [0.05, 0.1) is 12.5 Å². The number of carbonyl (C=O) groups excluding carboxylic acids is 1. The summed E-state index contributed by atoms with van der Waals surface area (Å²) in [5.74, 6) is -1.16. The minimum absolute atomic E-state index is 0.175. The number of nitrogens with one attached hydrogen (secondary N) is 1. The Balaban J connectivity index is 2.50. The van der Waals surface area contributed by atoms with Gasteiger partial charge in [-0.1, -0.05) is 6.07 Å². The molecule has 0 amide bonds. The van der Waals surface area contributed by atoms with Gasteiger partial charge in [0.15, 0.2) is 0 Å². The first kappa shape index (κ1) is 12.3. The van der Waals surface area contributed by atoms with Gasteiger partial charge in [-0.2, -0.15) is 0 Å². The predicted molar refractivity (Wildman–Crippen MR) is 57.8 cm³/mol. The van der Waals surface area contributed by atoms with Crippen LogP contribution in [0.2, 0.25) is 0 Å². The largest absolute Gasteiger partial charge is 0.481 e. The van der Waals surface area contributed by atoms with Gasteiger partial charge in [-0.3, -0.25) is 14.6 Å². The molecule has 0 radical (unpaired) electrons. The highest BCUT2D eigenvalue weighted by Gasteiger charge is 2.16. The summed E-state index contributed by atoms with van der Waals surface area (Å²) in [5, 5.41) is 11.5. The van der Waals surface area contributed by atoms with Crippen LogP contribution in [0.3, 0.4) is 0 Å². The topological polar surface area (TPSA) is 79.3 Å². The summed E-state index contributed by atoms with van der Waals surface area (Å²) in [6, 6.07) is 3.01. The summed E-state index contributed by atoms with van der Waals surface area (Å²) in [4.78, 5) is 25.6. The summed E-state index contributed by atoms with van der Waals surface area (Å²) in [7, 11) is 0. The Bertz CT molecular complexity index is 365. The lowest BCUT2D eigenvalue weighted by atomic mass is 10.1. The Kier molecular flexibility index (Phi) is 4.60. The van der Waals surface area contributed by atoms with Crippen LogP contribution < -0.4 is 5.32 Å². The van der Waals surface area contributed by atoms with E-state index in [2.05, 4.69) is 10.3 Å². The fourth-order valence-electron chi connectivity index (χ4n) is 1.28. The second-order valence-electron chi connectivity index (χ2n) is 3.50. The van der Waals surface area contributed by atoms with Crippen LogP contribution in [0.15, 0.2) is 24.5 Å². The standard InChI is InChI=1S/C11H14N2O3/c1-8(14)10(5-11(15)16)13-7-9-3-2-4-12-6-9/h2-4,6,10,13H,5,7H2,1H3,(H,15,16). The maximum absolute atomic E-state index is 11.2. The molecule has 5 nitrogen and oxygen atoms in total. The highest BCUT2D eigenvalue weighted by Crippen LogP contribution is 1.99. The second-order valence-corrected chi connectivity index (χ2v) is 3.50. The SMILES string of the molecule is CC(=O)C(CC(=O)O)NCc1cccnc1. The number of hydrogen-bond donors (Lipinski definition) is 2. The van der Waals surface area contributed by atoms with Crippen molar-refractivity contribution in [2.45, 2.75) is 25.9 Å². The molecule has 2 N–H and O–H groups in total. The number of carbonyl (C=O) groups is 2. The molecule has 0 saturated heterocycles. The summed E-state index contributed by atoms with van der Waals surface area (Å²) in [5.41, 5.74) is 0.916. The van der Waals surface area contributed by atoms with Gasteiger partial charge in [-0.25, -0.2) is 0 Å². The highest BCUT2D eigenvalue weighted by atomic mass is 16.4. The summed E-state index contributed by atoms with van der Waals surface area (Å²) in [6.45, 7) is 1.81. The van der Waals surface area contributed by atoms with E-state index in [0.29, 0.717) is 6.54 Å². The summed E-state index contributed by atoms with van der Waals surface area (Å²) in [6.07, 6.45) is 3.13. The molecule has 5 heteroatoms. The quantitative estimate of drug-likeness (QED) is 0.737. The first-order valence-corrected chi connectivity index (χ1v) is 4.94. The molecule has 1 rings (SSSR count). The molecule has 86 valence electrons. The molecule has 1 heterocycles. The zero-order valence-corrected chi connectivity index (χ0v) is 9.01. The number of aliphatic carboxylic acids is 1. The van der Waals surface area contributed by atoms with Crippen molar-refractivity contribution in [3.05, 3.63) is 30.1 Å².